The Morgan fingerprint density at radius 1 is 1.36 bits per heavy atom. The third-order valence-electron chi connectivity index (χ3n) is 5.16. The number of aliphatic hydroxyl groups is 1. The Kier molecular flexibility index (Phi) is 8.56. The van der Waals surface area contributed by atoms with Crippen LogP contribution in [0.5, 0.6) is 5.75 Å². The number of aliphatic hydroxyl groups excluding tert-OH is 1. The molecule has 0 spiro atoms. The Hall–Kier alpha value is -2.01. The standard InChI is InChI=1S/C23H30ClN2O8PS/c1-13(2)32-22(29)15(4)12-35(30,34-16-8-6-5-7-9-16)31-11-17-19(27)18(24)21(33-17)26-10-14(3)20(28)25-23(26)36/h5-10,13,15,17-19,21,27H,11-12H2,1-4H3,(H,25,28,36)/t15-,17+,18-,19?,21+,35?/m1/s1/i11D2. The molecule has 13 heteroatoms. The molecule has 36 heavy (non-hydrogen) atoms. The van der Waals surface area contributed by atoms with Crippen molar-refractivity contribution in [2.45, 2.75) is 57.6 Å². The van der Waals surface area contributed by atoms with Crippen molar-refractivity contribution in [2.75, 3.05) is 12.7 Å². The van der Waals surface area contributed by atoms with Crippen LogP contribution in [0.4, 0.5) is 0 Å². The maximum Gasteiger partial charge on any atom is 0.380 e. The van der Waals surface area contributed by atoms with Crippen molar-refractivity contribution in [1.29, 1.82) is 0 Å². The maximum atomic E-state index is 13.9. The van der Waals surface area contributed by atoms with Gasteiger partial charge in [0.1, 0.15) is 23.3 Å². The number of ether oxygens (including phenoxy) is 2. The van der Waals surface area contributed by atoms with E-state index in [1.54, 1.807) is 32.0 Å². The Morgan fingerprint density at radius 2 is 2.03 bits per heavy atom. The van der Waals surface area contributed by atoms with E-state index in [9.17, 15) is 19.3 Å². The predicted octanol–water partition coefficient (Wildman–Crippen LogP) is 3.96. The van der Waals surface area contributed by atoms with Crippen LogP contribution in [0.25, 0.3) is 0 Å². The average molecular weight is 563 g/mol. The fourth-order valence-electron chi connectivity index (χ4n) is 3.36. The lowest BCUT2D eigenvalue weighted by atomic mass is 10.2. The van der Waals surface area contributed by atoms with Crippen LogP contribution < -0.4 is 10.1 Å². The number of aromatic amines is 1. The molecule has 3 rings (SSSR count). The number of carbonyl (C=O) groups is 1. The second-order valence-corrected chi connectivity index (χ2v) is 11.5. The number of alkyl halides is 1. The summed E-state index contributed by atoms with van der Waals surface area (Å²) >= 11 is 11.6. The summed E-state index contributed by atoms with van der Waals surface area (Å²) in [4.78, 5) is 26.7. The first kappa shape index (κ1) is 25.6. The fourth-order valence-corrected chi connectivity index (χ4v) is 5.63. The predicted molar refractivity (Wildman–Crippen MR) is 136 cm³/mol. The molecule has 2 N–H and O–H groups in total. The molecule has 0 amide bonds. The zero-order chi connectivity index (χ0) is 28.4. The Bertz CT molecular complexity index is 1310. The van der Waals surface area contributed by atoms with E-state index < -0.39 is 67.7 Å². The molecular weight excluding hydrogens is 531 g/mol. The highest BCUT2D eigenvalue weighted by atomic mass is 35.5. The topological polar surface area (TPSA) is 129 Å². The highest BCUT2D eigenvalue weighted by Crippen LogP contribution is 2.51. The molecule has 6 atom stereocenters. The molecule has 1 aliphatic heterocycles. The number of benzene rings is 1. The lowest BCUT2D eigenvalue weighted by molar-refractivity contribution is -0.151. The highest BCUT2D eigenvalue weighted by Gasteiger charge is 2.45. The summed E-state index contributed by atoms with van der Waals surface area (Å²) in [6.45, 7) is 3.39. The summed E-state index contributed by atoms with van der Waals surface area (Å²) in [5.74, 6) is -1.53. The number of nitrogens with one attached hydrogen (secondary N) is 1. The van der Waals surface area contributed by atoms with Gasteiger partial charge < -0.3 is 19.1 Å². The van der Waals surface area contributed by atoms with Crippen molar-refractivity contribution in [1.82, 2.24) is 9.55 Å². The zero-order valence-electron chi connectivity index (χ0n) is 22.1. The summed E-state index contributed by atoms with van der Waals surface area (Å²) in [6, 6.07) is 7.93. The van der Waals surface area contributed by atoms with Gasteiger partial charge in [0.15, 0.2) is 11.0 Å². The van der Waals surface area contributed by atoms with Crippen LogP contribution in [0.2, 0.25) is 0 Å². The third-order valence-corrected chi connectivity index (χ3v) is 7.82. The maximum absolute atomic E-state index is 13.9. The quantitative estimate of drug-likeness (QED) is 0.191. The van der Waals surface area contributed by atoms with Crippen molar-refractivity contribution in [3.05, 3.63) is 57.2 Å². The van der Waals surface area contributed by atoms with Gasteiger partial charge in [0.25, 0.3) is 5.56 Å². The molecule has 1 aliphatic rings. The molecule has 198 valence electrons. The number of aromatic nitrogens is 2. The van der Waals surface area contributed by atoms with E-state index in [1.807, 2.05) is 0 Å². The van der Waals surface area contributed by atoms with E-state index in [0.717, 1.165) is 0 Å². The van der Waals surface area contributed by atoms with Crippen molar-refractivity contribution < 1.29 is 35.7 Å². The van der Waals surface area contributed by atoms with Crippen LogP contribution in [0, 0.1) is 17.6 Å². The number of aryl methyl sites for hydroxylation is 1. The van der Waals surface area contributed by atoms with Gasteiger partial charge in [0.05, 0.1) is 27.5 Å². The molecule has 1 aromatic carbocycles. The van der Waals surface area contributed by atoms with Gasteiger partial charge in [0.2, 0.25) is 0 Å². The molecule has 1 aromatic heterocycles. The first-order chi connectivity index (χ1) is 17.6. The fraction of sp³-hybridized carbons (Fsp3) is 0.522. The summed E-state index contributed by atoms with van der Waals surface area (Å²) < 4.78 is 54.2. The van der Waals surface area contributed by atoms with Crippen molar-refractivity contribution in [3.63, 3.8) is 0 Å². The molecule has 0 radical (unpaired) electrons. The molecule has 1 saturated heterocycles. The Labute approximate surface area is 221 Å². The molecule has 0 saturated carbocycles. The number of hydrogen-bond donors (Lipinski definition) is 2. The van der Waals surface area contributed by atoms with E-state index in [0.29, 0.717) is 0 Å². The van der Waals surface area contributed by atoms with Crippen LogP contribution in [0.3, 0.4) is 0 Å². The van der Waals surface area contributed by atoms with Crippen LogP contribution in [-0.4, -0.2) is 57.0 Å². The number of hydrogen-bond acceptors (Lipinski definition) is 9. The van der Waals surface area contributed by atoms with Crippen LogP contribution in [0.15, 0.2) is 41.3 Å². The lowest BCUT2D eigenvalue weighted by Gasteiger charge is -2.24. The number of para-hydroxylation sites is 1. The number of rotatable bonds is 10. The van der Waals surface area contributed by atoms with Crippen molar-refractivity contribution >= 4 is 37.4 Å². The number of halogens is 1. The van der Waals surface area contributed by atoms with Gasteiger partial charge in [-0.2, -0.15) is 0 Å². The van der Waals surface area contributed by atoms with E-state index in [4.69, 9.17) is 45.1 Å². The molecule has 2 heterocycles. The minimum absolute atomic E-state index is 0.0545. The molecular formula is C23H30ClN2O8PS. The molecule has 0 bridgehead atoms. The molecule has 2 unspecified atom stereocenters. The normalized spacial score (nSPS) is 25.5. The molecule has 1 fully saturated rings. The zero-order valence-corrected chi connectivity index (χ0v) is 22.6. The monoisotopic (exact) mass is 562 g/mol. The van der Waals surface area contributed by atoms with Gasteiger partial charge in [-0.25, -0.2) is 4.57 Å². The molecule has 2 aromatic rings. The van der Waals surface area contributed by atoms with Gasteiger partial charge in [-0.05, 0) is 45.1 Å². The van der Waals surface area contributed by atoms with Crippen LogP contribution >= 0.6 is 31.4 Å². The Morgan fingerprint density at radius 3 is 2.67 bits per heavy atom. The second-order valence-electron chi connectivity index (χ2n) is 8.65. The first-order valence-electron chi connectivity index (χ1n) is 12.2. The second kappa shape index (κ2) is 12.0. The smallest absolute Gasteiger partial charge is 0.380 e. The number of esters is 1. The minimum atomic E-state index is -4.42. The van der Waals surface area contributed by atoms with Gasteiger partial charge in [0, 0.05) is 11.8 Å². The van der Waals surface area contributed by atoms with E-state index in [2.05, 4.69) is 4.98 Å². The SMILES string of the molecule is [2H]C([2H])(OP(=O)(C[C@@H](C)C(=O)OC(C)C)Oc1ccccc1)[C@@H]1O[C@H](n2cc(C)c(=O)[nH]c2=S)[C@H](Cl)C1O. The highest BCUT2D eigenvalue weighted by molar-refractivity contribution is 7.71. The Balaban J connectivity index is 1.90. The summed E-state index contributed by atoms with van der Waals surface area (Å²) in [7, 11) is -4.42. The van der Waals surface area contributed by atoms with E-state index >= 15 is 0 Å². The average Bonchev–Trinajstić information content (AvgIpc) is 3.11. The summed E-state index contributed by atoms with van der Waals surface area (Å²) in [6.07, 6.45) is -4.14. The van der Waals surface area contributed by atoms with Gasteiger partial charge in [-0.3, -0.25) is 23.7 Å². The van der Waals surface area contributed by atoms with Gasteiger partial charge in [-0.15, -0.1) is 11.6 Å². The van der Waals surface area contributed by atoms with Gasteiger partial charge >= 0.3 is 13.6 Å². The van der Waals surface area contributed by atoms with Gasteiger partial charge in [-0.1, -0.05) is 25.1 Å². The molecule has 0 aliphatic carbocycles. The third kappa shape index (κ3) is 7.06. The number of carbonyl (C=O) groups excluding carboxylic acids is 1. The van der Waals surface area contributed by atoms with Crippen molar-refractivity contribution in [3.8, 4) is 5.75 Å². The minimum Gasteiger partial charge on any atom is -0.463 e. The molecule has 10 nitrogen and oxygen atoms in total. The summed E-state index contributed by atoms with van der Waals surface area (Å²) in [5, 5.41) is 9.58. The first-order valence-corrected chi connectivity index (χ1v) is 13.8. The largest absolute Gasteiger partial charge is 0.463 e. The summed E-state index contributed by atoms with van der Waals surface area (Å²) in [5.41, 5.74) is -0.137. The number of H-pyrrole nitrogens is 1. The van der Waals surface area contributed by atoms with Crippen LogP contribution in [0.1, 0.15) is 35.3 Å². The van der Waals surface area contributed by atoms with E-state index in [-0.39, 0.29) is 16.1 Å². The van der Waals surface area contributed by atoms with E-state index in [1.165, 1.54) is 36.7 Å². The lowest BCUT2D eigenvalue weighted by Crippen LogP contribution is -2.31. The van der Waals surface area contributed by atoms with Crippen LogP contribution in [-0.2, 0) is 23.4 Å². The number of nitrogens with zero attached hydrogens (tertiary/aromatic N) is 1. The van der Waals surface area contributed by atoms with Crippen molar-refractivity contribution in [2.24, 2.45) is 5.92 Å².